The molecule has 0 bridgehead atoms. The second-order valence-corrected chi connectivity index (χ2v) is 8.96. The highest BCUT2D eigenvalue weighted by atomic mass is 32.2. The maximum Gasteiger partial charge on any atom is 0.512 e. The molecule has 14 nitrogen and oxygen atoms in total. The maximum atomic E-state index is 13.0. The van der Waals surface area contributed by atoms with Gasteiger partial charge in [0.05, 0.1) is 15.9 Å². The van der Waals surface area contributed by atoms with Gasteiger partial charge in [-0.25, -0.2) is 9.78 Å². The van der Waals surface area contributed by atoms with Crippen LogP contribution >= 0.6 is 23.1 Å². The number of carbonyl (C=O) groups is 3. The van der Waals surface area contributed by atoms with E-state index in [1.165, 1.54) is 48.5 Å². The molecule has 2 unspecified atom stereocenters. The summed E-state index contributed by atoms with van der Waals surface area (Å²) in [6, 6.07) is 3.79. The third-order valence-corrected chi connectivity index (χ3v) is 6.89. The van der Waals surface area contributed by atoms with Crippen LogP contribution in [0.25, 0.3) is 4.91 Å². The lowest BCUT2D eigenvalue weighted by Gasteiger charge is -2.49. The fourth-order valence-electron chi connectivity index (χ4n) is 3.49. The molecule has 3 heterocycles. The second-order valence-electron chi connectivity index (χ2n) is 7.04. The Balaban J connectivity index is 1.58. The van der Waals surface area contributed by atoms with Crippen molar-refractivity contribution >= 4 is 62.5 Å². The molecule has 2 atom stereocenters. The molecule has 1 fully saturated rings. The summed E-state index contributed by atoms with van der Waals surface area (Å²) >= 11 is 2.29. The molecular weight excluding hydrogens is 504 g/mol. The predicted octanol–water partition coefficient (Wildman–Crippen LogP) is 1.45. The van der Waals surface area contributed by atoms with Crippen molar-refractivity contribution in [2.75, 3.05) is 18.6 Å². The lowest BCUT2D eigenvalue weighted by atomic mass is 9.95. The molecule has 2 aromatic rings. The lowest BCUT2D eigenvalue weighted by Crippen LogP contribution is -2.72. The molecule has 1 aromatic heterocycles. The molecule has 0 radical (unpaired) electrons. The number of amides is 2. The number of nitrogens with zero attached hydrogens (tertiary/aromatic N) is 4. The van der Waals surface area contributed by atoms with Crippen LogP contribution in [0.5, 0.6) is 0 Å². The van der Waals surface area contributed by atoms with E-state index in [0.717, 1.165) is 16.2 Å². The molecule has 0 spiro atoms. The van der Waals surface area contributed by atoms with Gasteiger partial charge in [0, 0.05) is 23.3 Å². The number of non-ortho nitro benzene ring substituents is 1. The fraction of sp³-hybridized carbons (Fsp3) is 0.211. The van der Waals surface area contributed by atoms with Crippen LogP contribution in [-0.2, 0) is 19.2 Å². The van der Waals surface area contributed by atoms with E-state index in [1.54, 1.807) is 0 Å². The largest absolute Gasteiger partial charge is 0.512 e. The molecule has 2 aliphatic rings. The maximum absolute atomic E-state index is 13.0. The minimum Gasteiger partial charge on any atom is -0.449 e. The number of aromatic nitrogens is 1. The number of ether oxygens (including phenoxy) is 1. The van der Waals surface area contributed by atoms with Gasteiger partial charge >= 0.3 is 6.16 Å². The van der Waals surface area contributed by atoms with Crippen LogP contribution in [0.3, 0.4) is 0 Å². The first-order valence-electron chi connectivity index (χ1n) is 9.70. The average molecular weight is 521 g/mol. The van der Waals surface area contributed by atoms with Gasteiger partial charge in [0.1, 0.15) is 18.8 Å². The number of hydrogen-bond acceptors (Lipinski definition) is 12. The number of nitro benzene ring substituents is 1. The van der Waals surface area contributed by atoms with Crippen LogP contribution in [0.2, 0.25) is 0 Å². The number of thiazole rings is 1. The van der Waals surface area contributed by atoms with E-state index in [-0.39, 0.29) is 33.9 Å². The van der Waals surface area contributed by atoms with Gasteiger partial charge in [-0.3, -0.25) is 24.6 Å². The molecule has 2 aliphatic heterocycles. The normalized spacial score (nSPS) is 19.5. The van der Waals surface area contributed by atoms with Crippen LogP contribution in [0.15, 0.2) is 40.7 Å². The monoisotopic (exact) mass is 520 g/mol. The summed E-state index contributed by atoms with van der Waals surface area (Å²) < 4.78 is 4.92. The number of carbonyl (C=O) groups excluding carboxylic acids is 2. The molecular formula is C19H16N6O8S2. The number of carboxylic acid groups (broad SMARTS) is 1. The molecule has 16 heteroatoms. The number of nitrogens with one attached hydrogen (secondary N) is 1. The number of anilines is 1. The van der Waals surface area contributed by atoms with Crippen molar-refractivity contribution < 1.29 is 34.0 Å². The van der Waals surface area contributed by atoms with Crippen molar-refractivity contribution in [3.05, 3.63) is 56.9 Å². The highest BCUT2D eigenvalue weighted by Gasteiger charge is 2.54. The quantitative estimate of drug-likeness (QED) is 0.157. The number of nitrogen functional groups attached to an aromatic ring is 1. The summed E-state index contributed by atoms with van der Waals surface area (Å²) in [7, 11) is 1.25. The van der Waals surface area contributed by atoms with Gasteiger partial charge in [-0.05, 0) is 17.7 Å². The van der Waals surface area contributed by atoms with Gasteiger partial charge in [-0.2, -0.15) is 0 Å². The lowest BCUT2D eigenvalue weighted by molar-refractivity contribution is -0.384. The molecule has 4 rings (SSSR count). The van der Waals surface area contributed by atoms with Crippen LogP contribution < -0.4 is 11.1 Å². The predicted molar refractivity (Wildman–Crippen MR) is 124 cm³/mol. The number of hydrogen-bond donors (Lipinski definition) is 3. The summed E-state index contributed by atoms with van der Waals surface area (Å²) in [5.41, 5.74) is 5.89. The van der Waals surface area contributed by atoms with Crippen molar-refractivity contribution in [1.82, 2.24) is 15.2 Å². The Hall–Kier alpha value is -4.18. The van der Waals surface area contributed by atoms with Crippen molar-refractivity contribution in [3.8, 4) is 0 Å². The van der Waals surface area contributed by atoms with E-state index in [0.29, 0.717) is 10.5 Å². The van der Waals surface area contributed by atoms with Crippen molar-refractivity contribution in [2.24, 2.45) is 5.16 Å². The summed E-state index contributed by atoms with van der Waals surface area (Å²) in [6.07, 6.45) is -1.64. The standard InChI is InChI=1S/C19H16N6O8S2/c1-32-23-12(10-6-35-18(20)21-10)15(26)22-13-11-7-34-14(8-2-4-9(5-3-8)25(30)31)17(33-19(28)29)24(11)16(13)27/h2-6,11,13H,7H2,1H3,(H2,20,21)(H,22,26)(H,28,29). The van der Waals surface area contributed by atoms with E-state index < -0.39 is 35.0 Å². The van der Waals surface area contributed by atoms with Crippen molar-refractivity contribution in [3.63, 3.8) is 0 Å². The summed E-state index contributed by atoms with van der Waals surface area (Å²) in [6.45, 7) is 0. The smallest absolute Gasteiger partial charge is 0.449 e. The number of β-lactam (4-membered cyclic amide) rings is 1. The number of rotatable bonds is 7. The fourth-order valence-corrected chi connectivity index (χ4v) is 5.28. The zero-order chi connectivity index (χ0) is 25.3. The highest BCUT2D eigenvalue weighted by Crippen LogP contribution is 2.44. The van der Waals surface area contributed by atoms with Crippen LogP contribution in [0, 0.1) is 10.1 Å². The van der Waals surface area contributed by atoms with E-state index >= 15 is 0 Å². The number of nitro groups is 1. The zero-order valence-electron chi connectivity index (χ0n) is 17.7. The third kappa shape index (κ3) is 4.60. The SMILES string of the molecule is CON=C(C(=O)NC1C(=O)N2C(OC(=O)O)=C(c3ccc([N+](=O)[O-])cc3)SCC12)c1csc(N)n1. The molecule has 35 heavy (non-hydrogen) atoms. The average Bonchev–Trinajstić information content (AvgIpc) is 3.25. The van der Waals surface area contributed by atoms with Gasteiger partial charge in [0.15, 0.2) is 10.8 Å². The van der Waals surface area contributed by atoms with Crippen molar-refractivity contribution in [1.29, 1.82) is 0 Å². The minimum absolute atomic E-state index is 0.146. The summed E-state index contributed by atoms with van der Waals surface area (Å²) in [5, 5.41) is 28.1. The first-order valence-corrected chi connectivity index (χ1v) is 11.6. The topological polar surface area (TPSA) is 200 Å². The van der Waals surface area contributed by atoms with E-state index in [1.807, 2.05) is 0 Å². The van der Waals surface area contributed by atoms with Gasteiger partial charge in [0.25, 0.3) is 17.5 Å². The Bertz CT molecular complexity index is 1270. The third-order valence-electron chi connectivity index (χ3n) is 5.00. The summed E-state index contributed by atoms with van der Waals surface area (Å²) in [5.74, 6) is -1.28. The van der Waals surface area contributed by atoms with Gasteiger partial charge < -0.3 is 25.7 Å². The molecule has 4 N–H and O–H groups in total. The Morgan fingerprint density at radius 2 is 2.09 bits per heavy atom. The van der Waals surface area contributed by atoms with Crippen molar-refractivity contribution in [2.45, 2.75) is 12.1 Å². The number of fused-ring (bicyclic) bond motifs is 1. The zero-order valence-corrected chi connectivity index (χ0v) is 19.4. The number of thioether (sulfide) groups is 1. The number of benzene rings is 1. The minimum atomic E-state index is -1.64. The molecule has 0 saturated carbocycles. The van der Waals surface area contributed by atoms with Crippen LogP contribution in [-0.4, -0.2) is 68.5 Å². The van der Waals surface area contributed by atoms with Crippen LogP contribution in [0.4, 0.5) is 15.6 Å². The Morgan fingerprint density at radius 1 is 1.37 bits per heavy atom. The number of nitrogens with two attached hydrogens (primary N) is 1. The summed E-state index contributed by atoms with van der Waals surface area (Å²) in [4.78, 5) is 57.7. The Morgan fingerprint density at radius 3 is 2.66 bits per heavy atom. The molecule has 2 amide bonds. The molecule has 1 saturated heterocycles. The van der Waals surface area contributed by atoms with Gasteiger partial charge in [-0.15, -0.1) is 23.1 Å². The van der Waals surface area contributed by atoms with Crippen LogP contribution in [0.1, 0.15) is 11.3 Å². The van der Waals surface area contributed by atoms with Gasteiger partial charge in [0.2, 0.25) is 5.88 Å². The van der Waals surface area contributed by atoms with E-state index in [9.17, 15) is 29.6 Å². The molecule has 182 valence electrons. The molecule has 0 aliphatic carbocycles. The van der Waals surface area contributed by atoms with E-state index in [2.05, 4.69) is 15.5 Å². The van der Waals surface area contributed by atoms with Gasteiger partial charge in [-0.1, -0.05) is 5.16 Å². The second kappa shape index (κ2) is 9.59. The molecule has 1 aromatic carbocycles. The Kier molecular flexibility index (Phi) is 6.57. The first kappa shape index (κ1) is 24.0. The Labute approximate surface area is 204 Å². The van der Waals surface area contributed by atoms with E-state index in [4.69, 9.17) is 15.3 Å². The number of oxime groups is 1. The highest BCUT2D eigenvalue weighted by molar-refractivity contribution is 8.08. The first-order chi connectivity index (χ1) is 16.7.